The van der Waals surface area contributed by atoms with E-state index in [9.17, 15) is 9.90 Å². The first kappa shape index (κ1) is 19.1. The molecular weight excluding hydrogens is 377 g/mol. The Balaban J connectivity index is 1.63. The third kappa shape index (κ3) is 3.98. The summed E-state index contributed by atoms with van der Waals surface area (Å²) in [5.41, 5.74) is 0.375. The van der Waals surface area contributed by atoms with Gasteiger partial charge in [0.15, 0.2) is 5.67 Å². The van der Waals surface area contributed by atoms with E-state index < -0.39 is 11.8 Å². The number of pyridine rings is 2. The first-order valence-corrected chi connectivity index (χ1v) is 9.56. The predicted molar refractivity (Wildman–Crippen MR) is 105 cm³/mol. The molecule has 0 spiro atoms. The molecule has 3 aromatic heterocycles. The van der Waals surface area contributed by atoms with Gasteiger partial charge in [0, 0.05) is 31.0 Å². The number of alkyl halides is 1. The smallest absolute Gasteiger partial charge is 0.407 e. The molecule has 0 aliphatic carbocycles. The molecule has 4 rings (SSSR count). The van der Waals surface area contributed by atoms with E-state index in [1.54, 1.807) is 23.1 Å². The molecule has 1 fully saturated rings. The zero-order valence-corrected chi connectivity index (χ0v) is 16.1. The summed E-state index contributed by atoms with van der Waals surface area (Å²) in [7, 11) is 0. The Hall–Kier alpha value is -3.23. The molecule has 152 valence electrons. The Labute approximate surface area is 166 Å². The van der Waals surface area contributed by atoms with Crippen LogP contribution in [0.1, 0.15) is 19.8 Å². The Morgan fingerprint density at radius 2 is 2.31 bits per heavy atom. The average Bonchev–Trinajstić information content (AvgIpc) is 3.21. The van der Waals surface area contributed by atoms with E-state index in [-0.39, 0.29) is 25.5 Å². The van der Waals surface area contributed by atoms with Crippen molar-refractivity contribution in [2.75, 3.05) is 19.7 Å². The summed E-state index contributed by atoms with van der Waals surface area (Å²) < 4.78 is 22.9. The molecule has 4 heterocycles. The number of amides is 1. The van der Waals surface area contributed by atoms with Crippen LogP contribution >= 0.6 is 0 Å². The lowest BCUT2D eigenvalue weighted by Crippen LogP contribution is -2.50. The molecule has 1 aliphatic rings. The van der Waals surface area contributed by atoms with Crippen LogP contribution in [0.4, 0.5) is 9.18 Å². The number of aromatic nitrogens is 4. The third-order valence-electron chi connectivity index (χ3n) is 5.08. The van der Waals surface area contributed by atoms with Gasteiger partial charge in [0.1, 0.15) is 6.61 Å². The highest BCUT2D eigenvalue weighted by atomic mass is 19.1. The topological polar surface area (TPSA) is 93.4 Å². The Kier molecular flexibility index (Phi) is 5.04. The third-order valence-corrected chi connectivity index (χ3v) is 5.08. The summed E-state index contributed by atoms with van der Waals surface area (Å²) in [6, 6.07) is 5.43. The van der Waals surface area contributed by atoms with Crippen LogP contribution in [0.15, 0.2) is 36.8 Å². The lowest BCUT2D eigenvalue weighted by Gasteiger charge is -2.35. The van der Waals surface area contributed by atoms with Gasteiger partial charge in [-0.15, -0.1) is 0 Å². The van der Waals surface area contributed by atoms with Gasteiger partial charge in [-0.3, -0.25) is 9.67 Å². The lowest BCUT2D eigenvalue weighted by atomic mass is 9.96. The minimum absolute atomic E-state index is 0.207. The summed E-state index contributed by atoms with van der Waals surface area (Å²) >= 11 is 0. The van der Waals surface area contributed by atoms with Crippen molar-refractivity contribution in [3.63, 3.8) is 0 Å². The van der Waals surface area contributed by atoms with Crippen molar-refractivity contribution < 1.29 is 19.0 Å². The lowest BCUT2D eigenvalue weighted by molar-refractivity contribution is 0.0104. The minimum Gasteiger partial charge on any atom is -0.474 e. The number of carbonyl (C=O) groups is 1. The maximum Gasteiger partial charge on any atom is 0.407 e. The van der Waals surface area contributed by atoms with Crippen molar-refractivity contribution in [3.8, 4) is 17.1 Å². The molecule has 0 saturated carbocycles. The van der Waals surface area contributed by atoms with Crippen LogP contribution in [0.25, 0.3) is 22.2 Å². The summed E-state index contributed by atoms with van der Waals surface area (Å²) in [6.07, 6.45) is 4.85. The van der Waals surface area contributed by atoms with Gasteiger partial charge in [-0.25, -0.2) is 14.2 Å². The SMILES string of the molecule is CCn1cc(-c2cc3ncccc3c(OC[C@]3(F)CCCN(C(=O)O)C3)n2)cn1. The number of fused-ring (bicyclic) bond motifs is 1. The van der Waals surface area contributed by atoms with Crippen molar-refractivity contribution in [1.29, 1.82) is 0 Å². The fourth-order valence-electron chi connectivity index (χ4n) is 3.54. The molecule has 29 heavy (non-hydrogen) atoms. The van der Waals surface area contributed by atoms with Gasteiger partial charge in [-0.1, -0.05) is 0 Å². The molecule has 9 heteroatoms. The molecule has 0 unspecified atom stereocenters. The van der Waals surface area contributed by atoms with E-state index in [0.29, 0.717) is 29.6 Å². The minimum atomic E-state index is -1.75. The monoisotopic (exact) mass is 399 g/mol. The molecule has 1 N–H and O–H groups in total. The summed E-state index contributed by atoms with van der Waals surface area (Å²) in [4.78, 5) is 21.3. The van der Waals surface area contributed by atoms with E-state index in [0.717, 1.165) is 17.0 Å². The molecule has 1 amide bonds. The second-order valence-electron chi connectivity index (χ2n) is 7.21. The second kappa shape index (κ2) is 7.65. The second-order valence-corrected chi connectivity index (χ2v) is 7.21. The standard InChI is InChI=1S/C20H22FN5O3/c1-2-26-11-14(10-23-26)16-9-17-15(5-3-7-22-17)18(24-16)29-13-20(21)6-4-8-25(12-20)19(27)28/h3,5,7,9-11H,2,4,6,8,12-13H2,1H3,(H,27,28)/t20-/m0/s1. The maximum absolute atomic E-state index is 15.3. The fourth-order valence-corrected chi connectivity index (χ4v) is 3.54. The van der Waals surface area contributed by atoms with Crippen molar-refractivity contribution in [1.82, 2.24) is 24.6 Å². The quantitative estimate of drug-likeness (QED) is 0.707. The summed E-state index contributed by atoms with van der Waals surface area (Å²) in [5.74, 6) is 0.277. The van der Waals surface area contributed by atoms with Gasteiger partial charge >= 0.3 is 6.09 Å². The molecule has 1 aliphatic heterocycles. The van der Waals surface area contributed by atoms with Crippen molar-refractivity contribution >= 4 is 17.0 Å². The molecule has 1 saturated heterocycles. The Morgan fingerprint density at radius 1 is 1.45 bits per heavy atom. The van der Waals surface area contributed by atoms with Crippen LogP contribution in [0.5, 0.6) is 5.88 Å². The normalized spacial score (nSPS) is 19.4. The van der Waals surface area contributed by atoms with Gasteiger partial charge in [0.25, 0.3) is 0 Å². The number of hydrogen-bond donors (Lipinski definition) is 1. The Bertz CT molecular complexity index is 1040. The number of ether oxygens (including phenoxy) is 1. The van der Waals surface area contributed by atoms with Crippen LogP contribution in [-0.2, 0) is 6.54 Å². The van der Waals surface area contributed by atoms with E-state index in [1.165, 1.54) is 0 Å². The van der Waals surface area contributed by atoms with Gasteiger partial charge in [-0.05, 0) is 38.0 Å². The van der Waals surface area contributed by atoms with E-state index in [4.69, 9.17) is 4.74 Å². The molecule has 0 aromatic carbocycles. The zero-order chi connectivity index (χ0) is 20.4. The van der Waals surface area contributed by atoms with Gasteiger partial charge in [0.05, 0.1) is 29.3 Å². The highest BCUT2D eigenvalue weighted by Crippen LogP contribution is 2.31. The Morgan fingerprint density at radius 3 is 3.07 bits per heavy atom. The highest BCUT2D eigenvalue weighted by Gasteiger charge is 2.38. The number of nitrogens with zero attached hydrogens (tertiary/aromatic N) is 5. The number of rotatable bonds is 5. The largest absolute Gasteiger partial charge is 0.474 e. The number of carboxylic acid groups (broad SMARTS) is 1. The van der Waals surface area contributed by atoms with E-state index in [2.05, 4.69) is 15.1 Å². The molecule has 8 nitrogen and oxygen atoms in total. The van der Waals surface area contributed by atoms with Crippen molar-refractivity contribution in [2.24, 2.45) is 0 Å². The summed E-state index contributed by atoms with van der Waals surface area (Å²) in [6.45, 7) is 2.58. The molecule has 0 radical (unpaired) electrons. The number of likely N-dealkylation sites (tertiary alicyclic amines) is 1. The van der Waals surface area contributed by atoms with Crippen LogP contribution in [0.3, 0.4) is 0 Å². The van der Waals surface area contributed by atoms with Crippen molar-refractivity contribution in [3.05, 3.63) is 36.8 Å². The van der Waals surface area contributed by atoms with Gasteiger partial charge in [0.2, 0.25) is 5.88 Å². The van der Waals surface area contributed by atoms with E-state index in [1.807, 2.05) is 25.3 Å². The van der Waals surface area contributed by atoms with Crippen LogP contribution in [0, 0.1) is 0 Å². The molecule has 1 atom stereocenters. The molecule has 0 bridgehead atoms. The van der Waals surface area contributed by atoms with Crippen molar-refractivity contribution in [2.45, 2.75) is 32.0 Å². The first-order valence-electron chi connectivity index (χ1n) is 9.56. The van der Waals surface area contributed by atoms with Crippen LogP contribution in [-0.4, -0.2) is 61.2 Å². The number of piperidine rings is 1. The van der Waals surface area contributed by atoms with Gasteiger partial charge in [-0.2, -0.15) is 5.10 Å². The van der Waals surface area contributed by atoms with Crippen LogP contribution < -0.4 is 4.74 Å². The highest BCUT2D eigenvalue weighted by molar-refractivity contribution is 5.86. The average molecular weight is 399 g/mol. The zero-order valence-electron chi connectivity index (χ0n) is 16.1. The number of hydrogen-bond acceptors (Lipinski definition) is 5. The van der Waals surface area contributed by atoms with Crippen LogP contribution in [0.2, 0.25) is 0 Å². The number of halogens is 1. The maximum atomic E-state index is 15.3. The van der Waals surface area contributed by atoms with E-state index >= 15 is 4.39 Å². The number of aryl methyl sites for hydroxylation is 1. The molecular formula is C20H22FN5O3. The first-order chi connectivity index (χ1) is 14.0. The summed E-state index contributed by atoms with van der Waals surface area (Å²) in [5, 5.41) is 14.1. The predicted octanol–water partition coefficient (Wildman–Crippen LogP) is 3.37. The fraction of sp³-hybridized carbons (Fsp3) is 0.400. The van der Waals surface area contributed by atoms with Gasteiger partial charge < -0.3 is 14.7 Å². The molecule has 3 aromatic rings.